The van der Waals surface area contributed by atoms with Crippen LogP contribution in [0.15, 0.2) is 60.8 Å². The molecule has 3 heterocycles. The topological polar surface area (TPSA) is 104 Å². The van der Waals surface area contributed by atoms with Crippen molar-refractivity contribution < 1.29 is 23.9 Å². The molecule has 204 valence electrons. The summed E-state index contributed by atoms with van der Waals surface area (Å²) in [6.07, 6.45) is 1.68. The van der Waals surface area contributed by atoms with Gasteiger partial charge in [-0.05, 0) is 35.7 Å². The maximum Gasteiger partial charge on any atom is 0.304 e. The molecule has 2 amide bonds. The van der Waals surface area contributed by atoms with Crippen molar-refractivity contribution >= 4 is 51.7 Å². The van der Waals surface area contributed by atoms with E-state index in [4.69, 9.17) is 11.6 Å². The first-order valence-corrected chi connectivity index (χ1v) is 13.6. The highest BCUT2D eigenvalue weighted by Crippen LogP contribution is 2.40. The lowest BCUT2D eigenvalue weighted by atomic mass is 9.95. The Kier molecular flexibility index (Phi) is 7.64. The van der Waals surface area contributed by atoms with Gasteiger partial charge >= 0.3 is 5.97 Å². The molecule has 0 bridgehead atoms. The molecular weight excluding hydrogens is 555 g/mol. The van der Waals surface area contributed by atoms with E-state index in [2.05, 4.69) is 9.97 Å². The Morgan fingerprint density at radius 1 is 1.18 bits per heavy atom. The van der Waals surface area contributed by atoms with E-state index >= 15 is 4.39 Å². The van der Waals surface area contributed by atoms with Crippen molar-refractivity contribution in [3.8, 4) is 22.4 Å². The lowest BCUT2D eigenvalue weighted by molar-refractivity contribution is -0.140. The number of hydrogen-bond donors (Lipinski definition) is 1. The molecule has 2 aromatic heterocycles. The van der Waals surface area contributed by atoms with Crippen LogP contribution in [-0.4, -0.2) is 47.0 Å². The smallest absolute Gasteiger partial charge is 0.304 e. The number of aliphatic carboxylic acids is 1. The zero-order valence-electron chi connectivity index (χ0n) is 21.6. The molecule has 1 unspecified atom stereocenters. The molecule has 0 saturated carbocycles. The first-order valence-electron chi connectivity index (χ1n) is 12.4. The second-order valence-corrected chi connectivity index (χ2v) is 10.9. The van der Waals surface area contributed by atoms with Gasteiger partial charge in [-0.2, -0.15) is 4.39 Å². The van der Waals surface area contributed by atoms with Crippen LogP contribution in [0.5, 0.6) is 0 Å². The SMILES string of the molecule is CN(C(=O)C(CC(=O)O)Cc1ccccc1)c1nc(-c2cc(Cl)ccc2-c2cnc3c(c2)CC(=O)N3C)c(F)s1. The first-order chi connectivity index (χ1) is 19.1. The fraction of sp³-hybridized carbons (Fsp3) is 0.207. The van der Waals surface area contributed by atoms with Crippen molar-refractivity contribution in [3.05, 3.63) is 82.1 Å². The van der Waals surface area contributed by atoms with Gasteiger partial charge in [-0.3, -0.25) is 24.2 Å². The minimum absolute atomic E-state index is 0.00341. The number of pyridine rings is 1. The molecule has 0 radical (unpaired) electrons. The van der Waals surface area contributed by atoms with Crippen LogP contribution < -0.4 is 9.80 Å². The van der Waals surface area contributed by atoms with Gasteiger partial charge in [-0.25, -0.2) is 9.97 Å². The third-order valence-electron chi connectivity index (χ3n) is 6.81. The zero-order valence-corrected chi connectivity index (χ0v) is 23.2. The van der Waals surface area contributed by atoms with E-state index in [1.165, 1.54) is 16.8 Å². The number of hydrogen-bond acceptors (Lipinski definition) is 6. The summed E-state index contributed by atoms with van der Waals surface area (Å²) >= 11 is 6.98. The molecule has 5 rings (SSSR count). The van der Waals surface area contributed by atoms with Crippen molar-refractivity contribution in [2.45, 2.75) is 19.3 Å². The third kappa shape index (κ3) is 5.45. The predicted molar refractivity (Wildman–Crippen MR) is 152 cm³/mol. The van der Waals surface area contributed by atoms with Gasteiger partial charge in [0.15, 0.2) is 5.13 Å². The molecule has 4 aromatic rings. The lowest BCUT2D eigenvalue weighted by Crippen LogP contribution is -2.35. The molecule has 0 fully saturated rings. The van der Waals surface area contributed by atoms with Crippen LogP contribution in [0.4, 0.5) is 15.3 Å². The largest absolute Gasteiger partial charge is 0.481 e. The van der Waals surface area contributed by atoms with Crippen molar-refractivity contribution in [3.63, 3.8) is 0 Å². The molecule has 0 spiro atoms. The van der Waals surface area contributed by atoms with E-state index in [-0.39, 0.29) is 36.0 Å². The number of fused-ring (bicyclic) bond motifs is 1. The van der Waals surface area contributed by atoms with Crippen LogP contribution in [0.1, 0.15) is 17.5 Å². The summed E-state index contributed by atoms with van der Waals surface area (Å²) in [5.74, 6) is -1.92. The Morgan fingerprint density at radius 3 is 2.65 bits per heavy atom. The predicted octanol–water partition coefficient (Wildman–Crippen LogP) is 5.48. The quantitative estimate of drug-likeness (QED) is 0.297. The minimum atomic E-state index is -1.10. The minimum Gasteiger partial charge on any atom is -0.481 e. The number of nitrogens with zero attached hydrogens (tertiary/aromatic N) is 4. The number of amides is 2. The number of halogens is 2. The summed E-state index contributed by atoms with van der Waals surface area (Å²) in [6, 6.07) is 16.0. The van der Waals surface area contributed by atoms with Gasteiger partial charge in [0.1, 0.15) is 11.5 Å². The Hall–Kier alpha value is -4.15. The maximum absolute atomic E-state index is 15.4. The number of likely N-dealkylation sites (N-methyl/N-ethyl adjacent to an activating group) is 1. The molecule has 2 aromatic carbocycles. The van der Waals surface area contributed by atoms with Crippen LogP contribution >= 0.6 is 22.9 Å². The number of aromatic nitrogens is 2. The van der Waals surface area contributed by atoms with Crippen LogP contribution in [0, 0.1) is 11.0 Å². The molecular formula is C29H24ClFN4O4S. The van der Waals surface area contributed by atoms with Crippen LogP contribution in [0.2, 0.25) is 5.02 Å². The number of thiazole rings is 1. The van der Waals surface area contributed by atoms with E-state index in [1.54, 1.807) is 31.4 Å². The summed E-state index contributed by atoms with van der Waals surface area (Å²) in [7, 11) is 3.13. The number of anilines is 2. The summed E-state index contributed by atoms with van der Waals surface area (Å²) < 4.78 is 15.4. The number of rotatable bonds is 8. The molecule has 40 heavy (non-hydrogen) atoms. The normalized spacial score (nSPS) is 13.3. The Morgan fingerprint density at radius 2 is 1.93 bits per heavy atom. The van der Waals surface area contributed by atoms with Gasteiger partial charge in [-0.15, -0.1) is 0 Å². The molecule has 1 N–H and O–H groups in total. The lowest BCUT2D eigenvalue weighted by Gasteiger charge is -2.21. The molecule has 0 saturated heterocycles. The van der Waals surface area contributed by atoms with Gasteiger partial charge in [-0.1, -0.05) is 59.3 Å². The van der Waals surface area contributed by atoms with Gasteiger partial charge in [0.2, 0.25) is 16.9 Å². The Labute approximate surface area is 238 Å². The molecule has 1 aliphatic rings. The summed E-state index contributed by atoms with van der Waals surface area (Å²) in [5, 5.41) is 9.26. The van der Waals surface area contributed by atoms with E-state index in [9.17, 15) is 19.5 Å². The van der Waals surface area contributed by atoms with E-state index in [0.29, 0.717) is 38.9 Å². The number of benzene rings is 2. The van der Waals surface area contributed by atoms with Crippen molar-refractivity contribution in [1.82, 2.24) is 9.97 Å². The molecule has 1 aliphatic heterocycles. The van der Waals surface area contributed by atoms with Crippen LogP contribution in [0.25, 0.3) is 22.4 Å². The molecule has 11 heteroatoms. The molecule has 8 nitrogen and oxygen atoms in total. The van der Waals surface area contributed by atoms with Crippen LogP contribution in [0.3, 0.4) is 0 Å². The summed E-state index contributed by atoms with van der Waals surface area (Å²) in [6.45, 7) is 0. The second-order valence-electron chi connectivity index (χ2n) is 9.53. The Balaban J connectivity index is 1.48. The summed E-state index contributed by atoms with van der Waals surface area (Å²) in [5.41, 5.74) is 3.26. The van der Waals surface area contributed by atoms with Crippen molar-refractivity contribution in [2.24, 2.45) is 5.92 Å². The monoisotopic (exact) mass is 578 g/mol. The zero-order chi connectivity index (χ0) is 28.6. The average Bonchev–Trinajstić information content (AvgIpc) is 3.46. The fourth-order valence-electron chi connectivity index (χ4n) is 4.77. The number of carboxylic acid groups (broad SMARTS) is 1. The van der Waals surface area contributed by atoms with Crippen molar-refractivity contribution in [2.75, 3.05) is 23.9 Å². The van der Waals surface area contributed by atoms with Gasteiger partial charge in [0.25, 0.3) is 0 Å². The van der Waals surface area contributed by atoms with E-state index in [0.717, 1.165) is 11.1 Å². The highest BCUT2D eigenvalue weighted by Gasteiger charge is 2.30. The third-order valence-corrected chi connectivity index (χ3v) is 7.97. The van der Waals surface area contributed by atoms with E-state index < -0.39 is 22.9 Å². The summed E-state index contributed by atoms with van der Waals surface area (Å²) in [4.78, 5) is 48.7. The standard InChI is InChI=1S/C29H24ClFN4O4S/c1-34-23(36)12-17-11-19(15-32-27(17)34)21-9-8-20(30)14-22(21)25-26(31)40-29(33-25)35(2)28(39)18(13-24(37)38)10-16-6-4-3-5-7-16/h3-9,11,14-15,18H,10,12-13H2,1-2H3,(H,37,38). The van der Waals surface area contributed by atoms with Crippen LogP contribution in [-0.2, 0) is 27.2 Å². The van der Waals surface area contributed by atoms with Gasteiger partial charge in [0.05, 0.1) is 18.8 Å². The highest BCUT2D eigenvalue weighted by atomic mass is 35.5. The first kappa shape index (κ1) is 27.4. The van der Waals surface area contributed by atoms with Gasteiger partial charge < -0.3 is 5.11 Å². The average molecular weight is 579 g/mol. The molecule has 0 aliphatic carbocycles. The maximum atomic E-state index is 15.4. The van der Waals surface area contributed by atoms with E-state index in [1.807, 2.05) is 36.4 Å². The number of carbonyl (C=O) groups is 3. The van der Waals surface area contributed by atoms with Crippen molar-refractivity contribution in [1.29, 1.82) is 0 Å². The molecule has 1 atom stereocenters. The highest BCUT2D eigenvalue weighted by molar-refractivity contribution is 7.14. The fourth-order valence-corrected chi connectivity index (χ4v) is 5.72. The second kappa shape index (κ2) is 11.1. The number of carbonyl (C=O) groups excluding carboxylic acids is 2. The Bertz CT molecular complexity index is 1630. The van der Waals surface area contributed by atoms with Gasteiger partial charge in [0, 0.05) is 42.0 Å². The number of carboxylic acids is 1.